The lowest BCUT2D eigenvalue weighted by atomic mass is 9.66. The molecule has 2 aromatic heterocycles. The molecule has 2 heterocycles. The topological polar surface area (TPSA) is 32.8 Å². The number of para-hydroxylation sites is 3. The van der Waals surface area contributed by atoms with Crippen LogP contribution in [0.1, 0.15) is 153 Å². The van der Waals surface area contributed by atoms with E-state index in [1.807, 2.05) is 0 Å². The maximum absolute atomic E-state index is 7.77. The lowest BCUT2D eigenvalue weighted by Gasteiger charge is -2.38. The molecule has 15 rings (SSSR count). The summed E-state index contributed by atoms with van der Waals surface area (Å²) in [6, 6.07) is 87.3. The monoisotopic (exact) mass is 1170 g/mol. The van der Waals surface area contributed by atoms with Crippen LogP contribution in [0.2, 0.25) is 0 Å². The molecule has 2 aliphatic carbocycles. The Morgan fingerprint density at radius 3 is 1.33 bits per heavy atom. The highest BCUT2D eigenvalue weighted by molar-refractivity contribution is 6.21. The van der Waals surface area contributed by atoms with E-state index in [1.165, 1.54) is 55.6 Å². The summed E-state index contributed by atoms with van der Waals surface area (Å²) in [5, 5.41) is 4.33. The van der Waals surface area contributed by atoms with Crippen molar-refractivity contribution in [1.29, 1.82) is 0 Å². The van der Waals surface area contributed by atoms with Gasteiger partial charge in [0.2, 0.25) is 0 Å². The van der Waals surface area contributed by atoms with Gasteiger partial charge < -0.3 is 18.6 Å². The molecule has 0 N–H and O–H groups in total. The minimum Gasteiger partial charge on any atom is -0.456 e. The van der Waals surface area contributed by atoms with Gasteiger partial charge in [0.15, 0.2) is 0 Å². The molecular weight excluding hydrogens is 1090 g/mol. The van der Waals surface area contributed by atoms with Crippen molar-refractivity contribution in [3.8, 4) is 22.3 Å². The highest BCUT2D eigenvalue weighted by Gasteiger charge is 2.53. The molecule has 2 aliphatic rings. The Hall–Kier alpha value is -9.38. The van der Waals surface area contributed by atoms with Gasteiger partial charge in [-0.3, -0.25) is 0 Å². The van der Waals surface area contributed by atoms with Crippen molar-refractivity contribution >= 4 is 78.0 Å². The van der Waals surface area contributed by atoms with Crippen molar-refractivity contribution < 1.29 is 8.83 Å². The standard InChI is InChI=1S/C86H80N2O2/c1-81(2,3)53-33-35-56(36-34-53)86(58-42-48-74-66(50-58)65-49-57(84(10,11)12)41-47-73(65)89-74)68-52-71(88(60-27-19-16-20-28-60)62-45-39-55(40-46-62)83(7,8)9)79-76(63-29-21-23-31-67(63)85(79,13)14)77(68)78-69(86)51-70(75-64-30-22-24-32-72(64)90-80(75)78)87(59-25-17-15-18-26-59)61-43-37-54(38-44-61)82(4,5)6/h15-52H,1-14H3. The molecule has 0 fully saturated rings. The van der Waals surface area contributed by atoms with E-state index in [2.05, 4.69) is 337 Å². The van der Waals surface area contributed by atoms with Gasteiger partial charge in [-0.2, -0.15) is 0 Å². The van der Waals surface area contributed by atoms with Gasteiger partial charge in [-0.1, -0.05) is 236 Å². The number of nitrogens with zero attached hydrogens (tertiary/aromatic N) is 2. The highest BCUT2D eigenvalue weighted by Crippen LogP contribution is 2.68. The van der Waals surface area contributed by atoms with E-state index in [1.54, 1.807) is 0 Å². The zero-order valence-electron chi connectivity index (χ0n) is 54.7. The van der Waals surface area contributed by atoms with E-state index >= 15 is 0 Å². The Bertz CT molecular complexity index is 4970. The number of hydrogen-bond acceptors (Lipinski definition) is 4. The first kappa shape index (κ1) is 57.1. The van der Waals surface area contributed by atoms with E-state index < -0.39 is 10.8 Å². The van der Waals surface area contributed by atoms with Crippen LogP contribution in [0.5, 0.6) is 0 Å². The largest absolute Gasteiger partial charge is 0.456 e. The molecule has 13 aromatic rings. The van der Waals surface area contributed by atoms with Crippen molar-refractivity contribution in [2.24, 2.45) is 0 Å². The maximum Gasteiger partial charge on any atom is 0.145 e. The first-order chi connectivity index (χ1) is 42.9. The average Bonchev–Trinajstić information content (AvgIpc) is 1.49. The molecule has 90 heavy (non-hydrogen) atoms. The minimum absolute atomic E-state index is 0.0367. The molecule has 446 valence electrons. The number of hydrogen-bond donors (Lipinski definition) is 0. The molecule has 1 atom stereocenters. The Balaban J connectivity index is 1.18. The smallest absolute Gasteiger partial charge is 0.145 e. The van der Waals surface area contributed by atoms with Gasteiger partial charge in [0.1, 0.15) is 22.3 Å². The molecule has 0 spiro atoms. The zero-order valence-corrected chi connectivity index (χ0v) is 54.7. The Morgan fingerprint density at radius 2 is 0.756 bits per heavy atom. The second-order valence-electron chi connectivity index (χ2n) is 30.1. The zero-order chi connectivity index (χ0) is 62.6. The summed E-state index contributed by atoms with van der Waals surface area (Å²) in [5.74, 6) is 0. The third-order valence-electron chi connectivity index (χ3n) is 19.9. The lowest BCUT2D eigenvalue weighted by molar-refractivity contribution is 0.589. The molecule has 0 aliphatic heterocycles. The number of benzene rings is 11. The second kappa shape index (κ2) is 20.1. The molecule has 0 amide bonds. The average molecular weight is 1170 g/mol. The predicted octanol–water partition coefficient (Wildman–Crippen LogP) is 24.3. The van der Waals surface area contributed by atoms with Gasteiger partial charge >= 0.3 is 0 Å². The molecule has 0 bridgehead atoms. The van der Waals surface area contributed by atoms with Gasteiger partial charge in [-0.15, -0.1) is 0 Å². The van der Waals surface area contributed by atoms with Crippen LogP contribution in [-0.4, -0.2) is 0 Å². The van der Waals surface area contributed by atoms with Gasteiger partial charge in [0.05, 0.1) is 22.2 Å². The van der Waals surface area contributed by atoms with Gasteiger partial charge in [0.25, 0.3) is 0 Å². The van der Waals surface area contributed by atoms with Crippen LogP contribution in [-0.2, 0) is 32.5 Å². The van der Waals surface area contributed by atoms with Crippen molar-refractivity contribution in [1.82, 2.24) is 0 Å². The molecule has 1 unspecified atom stereocenters. The van der Waals surface area contributed by atoms with E-state index in [-0.39, 0.29) is 21.7 Å². The molecule has 0 saturated carbocycles. The number of anilines is 6. The van der Waals surface area contributed by atoms with Crippen LogP contribution < -0.4 is 9.80 Å². The molecular formula is C86H80N2O2. The maximum atomic E-state index is 7.77. The van der Waals surface area contributed by atoms with Crippen LogP contribution >= 0.6 is 0 Å². The molecule has 0 radical (unpaired) electrons. The van der Waals surface area contributed by atoms with Crippen molar-refractivity contribution in [3.63, 3.8) is 0 Å². The molecule has 0 saturated heterocycles. The van der Waals surface area contributed by atoms with Crippen LogP contribution in [0, 0.1) is 0 Å². The van der Waals surface area contributed by atoms with Gasteiger partial charge in [-0.05, 0) is 185 Å². The summed E-state index contributed by atoms with van der Waals surface area (Å²) < 4.78 is 14.7. The van der Waals surface area contributed by atoms with Crippen LogP contribution in [0.4, 0.5) is 34.1 Å². The van der Waals surface area contributed by atoms with Crippen LogP contribution in [0.25, 0.3) is 66.1 Å². The van der Waals surface area contributed by atoms with Crippen LogP contribution in [0.15, 0.2) is 239 Å². The summed E-state index contributed by atoms with van der Waals surface area (Å²) >= 11 is 0. The van der Waals surface area contributed by atoms with E-state index in [0.29, 0.717) is 0 Å². The normalized spacial score (nSPS) is 15.4. The van der Waals surface area contributed by atoms with Gasteiger partial charge in [0, 0.05) is 49.9 Å². The summed E-state index contributed by atoms with van der Waals surface area (Å²) in [5.41, 5.74) is 25.3. The van der Waals surface area contributed by atoms with Crippen molar-refractivity contribution in [2.75, 3.05) is 9.80 Å². The fourth-order valence-corrected chi connectivity index (χ4v) is 15.1. The third kappa shape index (κ3) is 8.75. The van der Waals surface area contributed by atoms with Gasteiger partial charge in [-0.25, -0.2) is 0 Å². The lowest BCUT2D eigenvalue weighted by Crippen LogP contribution is -2.30. The SMILES string of the molecule is CC(C)(C)c1ccc(N(c2ccccc2)c2cc3c(c4c2C(C)(C)c2ccccc2-4)-c2c(cc(N(c4ccccc4)c4ccc(C(C)(C)C)cc4)c4c2oc2ccccc24)C3(c2ccc(C(C)(C)C)cc2)c2ccc3oc4ccc(C(C)(C)C)cc4c3c2)cc1. The minimum atomic E-state index is -0.995. The predicted molar refractivity (Wildman–Crippen MR) is 380 cm³/mol. The summed E-state index contributed by atoms with van der Waals surface area (Å²) in [4.78, 5) is 5.04. The number of fused-ring (bicyclic) bond motifs is 14. The fourth-order valence-electron chi connectivity index (χ4n) is 15.1. The Kier molecular flexibility index (Phi) is 12.7. The van der Waals surface area contributed by atoms with E-state index in [9.17, 15) is 0 Å². The third-order valence-corrected chi connectivity index (χ3v) is 19.9. The van der Waals surface area contributed by atoms with E-state index in [4.69, 9.17) is 8.83 Å². The summed E-state index contributed by atoms with van der Waals surface area (Å²) in [6.07, 6.45) is 0. The van der Waals surface area contributed by atoms with Crippen molar-refractivity contribution in [2.45, 2.75) is 129 Å². The quantitative estimate of drug-likeness (QED) is 0.152. The molecule has 11 aromatic carbocycles. The summed E-state index contributed by atoms with van der Waals surface area (Å²) in [7, 11) is 0. The highest BCUT2D eigenvalue weighted by atomic mass is 16.3. The van der Waals surface area contributed by atoms with E-state index in [0.717, 1.165) is 100 Å². The Labute approximate surface area is 531 Å². The number of rotatable bonds is 8. The molecule has 4 nitrogen and oxygen atoms in total. The number of furan rings is 2. The second-order valence-corrected chi connectivity index (χ2v) is 30.1. The first-order valence-corrected chi connectivity index (χ1v) is 32.2. The van der Waals surface area contributed by atoms with Crippen LogP contribution in [0.3, 0.4) is 0 Å². The Morgan fingerprint density at radius 1 is 0.322 bits per heavy atom. The molecule has 4 heteroatoms. The fraction of sp³-hybridized carbons (Fsp3) is 0.233. The van der Waals surface area contributed by atoms with Crippen molar-refractivity contribution in [3.05, 3.63) is 286 Å². The summed E-state index contributed by atoms with van der Waals surface area (Å²) in [6.45, 7) is 32.5. The first-order valence-electron chi connectivity index (χ1n) is 32.2.